The van der Waals surface area contributed by atoms with Gasteiger partial charge in [0.2, 0.25) is 17.7 Å². The van der Waals surface area contributed by atoms with E-state index in [1.165, 1.54) is 23.7 Å². The molecule has 354 valence electrons. The van der Waals surface area contributed by atoms with Gasteiger partial charge in [-0.2, -0.15) is 0 Å². The van der Waals surface area contributed by atoms with Crippen molar-refractivity contribution in [3.63, 3.8) is 0 Å². The van der Waals surface area contributed by atoms with Gasteiger partial charge in [-0.15, -0.1) is 0 Å². The van der Waals surface area contributed by atoms with Crippen molar-refractivity contribution in [3.8, 4) is 0 Å². The Labute approximate surface area is 386 Å². The number of hydrogen-bond acceptors (Lipinski definition) is 12. The number of rotatable bonds is 11. The summed E-state index contributed by atoms with van der Waals surface area (Å²) < 4.78 is 29.5. The lowest BCUT2D eigenvalue weighted by molar-refractivity contribution is -0.150. The van der Waals surface area contributed by atoms with Crippen LogP contribution in [0.15, 0.2) is 57.9 Å². The lowest BCUT2D eigenvalue weighted by atomic mass is 9.74. The third-order valence-electron chi connectivity index (χ3n) is 15.6. The van der Waals surface area contributed by atoms with Crippen LogP contribution in [-0.4, -0.2) is 175 Å². The number of allylic oxidation sites excluding steroid dienone is 2. The van der Waals surface area contributed by atoms with Gasteiger partial charge >= 0.3 is 0 Å². The summed E-state index contributed by atoms with van der Waals surface area (Å²) in [5.74, 6) is -1.79. The Morgan fingerprint density at radius 1 is 0.909 bits per heavy atom. The minimum absolute atomic E-state index is 0.0133. The van der Waals surface area contributed by atoms with Crippen molar-refractivity contribution in [2.45, 2.75) is 89.8 Å². The highest BCUT2D eigenvalue weighted by Crippen LogP contribution is 2.45. The van der Waals surface area contributed by atoms with Gasteiger partial charge in [0.25, 0.3) is 18.2 Å². The maximum absolute atomic E-state index is 14.7. The van der Waals surface area contributed by atoms with Gasteiger partial charge in [-0.05, 0) is 67.4 Å². The lowest BCUT2D eigenvalue weighted by Gasteiger charge is -2.43. The smallest absolute Gasteiger partial charge is 0.264 e. The second-order valence-corrected chi connectivity index (χ2v) is 19.6. The summed E-state index contributed by atoms with van der Waals surface area (Å²) >= 11 is 0. The predicted octanol–water partition coefficient (Wildman–Crippen LogP) is 3.09. The van der Waals surface area contributed by atoms with E-state index in [-0.39, 0.29) is 36.3 Å². The van der Waals surface area contributed by atoms with Crippen LogP contribution >= 0.6 is 0 Å². The van der Waals surface area contributed by atoms with E-state index in [1.54, 1.807) is 26.1 Å². The summed E-state index contributed by atoms with van der Waals surface area (Å²) in [5.41, 5.74) is 11.5. The number of aryl methyl sites for hydroxylation is 1. The number of amides is 5. The number of benzene rings is 1. The molecule has 0 spiro atoms. The minimum atomic E-state index is -2.68. The van der Waals surface area contributed by atoms with E-state index in [4.69, 9.17) is 5.73 Å². The molecular weight excluding hydrogens is 847 g/mol. The number of carbonyl (C=O) groups excluding carboxylic acids is 5. The van der Waals surface area contributed by atoms with Gasteiger partial charge in [-0.3, -0.25) is 49.0 Å². The number of nitrogens with zero attached hydrogens (tertiary/aromatic N) is 8. The van der Waals surface area contributed by atoms with E-state index >= 15 is 0 Å². The summed E-state index contributed by atoms with van der Waals surface area (Å²) in [4.78, 5) is 84.1. The second-order valence-electron chi connectivity index (χ2n) is 19.6. The van der Waals surface area contributed by atoms with E-state index in [0.29, 0.717) is 54.4 Å². The quantitative estimate of drug-likeness (QED) is 0.249. The van der Waals surface area contributed by atoms with E-state index in [1.807, 2.05) is 24.0 Å². The van der Waals surface area contributed by atoms with Gasteiger partial charge in [0.15, 0.2) is 0 Å². The molecule has 5 amide bonds. The van der Waals surface area contributed by atoms with E-state index in [2.05, 4.69) is 34.8 Å². The Hall–Kier alpha value is -5.26. The van der Waals surface area contributed by atoms with Gasteiger partial charge < -0.3 is 25.3 Å². The van der Waals surface area contributed by atoms with Crippen molar-refractivity contribution in [3.05, 3.63) is 69.6 Å². The number of imide groups is 2. The average Bonchev–Trinajstić information content (AvgIpc) is 3.81. The fourth-order valence-corrected chi connectivity index (χ4v) is 12.1. The number of carbonyl (C=O) groups is 5. The maximum Gasteiger partial charge on any atom is 0.264 e. The Morgan fingerprint density at radius 2 is 1.64 bits per heavy atom. The van der Waals surface area contributed by atoms with Crippen molar-refractivity contribution in [2.75, 3.05) is 97.0 Å². The zero-order valence-corrected chi connectivity index (χ0v) is 38.6. The number of nitrogens with two attached hydrogens (primary N) is 1. The first-order chi connectivity index (χ1) is 31.8. The molecule has 9 rings (SSSR count). The molecule has 0 radical (unpaired) electrons. The standard InChI is InChI=1S/C49H64F2N10O5/c1-31(62)58-17-12-39-38(28-58)42(59-14-5-6-32-24-36(33(26-52)27-53-3)37(45(50)51)25-41(32)59)29-60(39)34-10-15-55(16-11-34)18-19-56-20-22-57(23-21-56)30-49(2)13-4-7-35-44(49)48(66)61(47(35)65)40-8-9-43(63)54-46(40)64/h4,7,24-27,34,40,42,45H,5-6,8-23,28-30,52H2,1-3H3,(H,54,63,64). The number of piperazine rings is 1. The number of fused-ring (bicyclic) bond motifs is 1. The van der Waals surface area contributed by atoms with Crippen molar-refractivity contribution in [1.82, 2.24) is 34.7 Å². The van der Waals surface area contributed by atoms with Gasteiger partial charge in [0.1, 0.15) is 6.04 Å². The third-order valence-corrected chi connectivity index (χ3v) is 15.6. The Balaban J connectivity index is 0.801. The predicted molar refractivity (Wildman–Crippen MR) is 247 cm³/mol. The molecule has 3 unspecified atom stereocenters. The molecule has 7 aliphatic heterocycles. The van der Waals surface area contributed by atoms with Crippen LogP contribution in [0.1, 0.15) is 81.9 Å². The fourth-order valence-electron chi connectivity index (χ4n) is 12.1. The molecule has 8 aliphatic rings. The molecule has 3 saturated heterocycles. The summed E-state index contributed by atoms with van der Waals surface area (Å²) in [7, 11) is 1.60. The average molecular weight is 911 g/mol. The molecule has 17 heteroatoms. The van der Waals surface area contributed by atoms with Crippen molar-refractivity contribution in [2.24, 2.45) is 16.1 Å². The molecule has 66 heavy (non-hydrogen) atoms. The molecule has 1 aliphatic carbocycles. The molecule has 3 N–H and O–H groups in total. The molecule has 7 heterocycles. The van der Waals surface area contributed by atoms with Crippen molar-refractivity contribution >= 4 is 47.0 Å². The molecule has 0 bridgehead atoms. The Morgan fingerprint density at radius 3 is 2.32 bits per heavy atom. The summed E-state index contributed by atoms with van der Waals surface area (Å²) in [5, 5.41) is 2.29. The molecule has 0 aromatic heterocycles. The molecule has 0 saturated carbocycles. The fraction of sp³-hybridized carbons (Fsp3) is 0.592. The van der Waals surface area contributed by atoms with E-state index in [9.17, 15) is 32.8 Å². The highest BCUT2D eigenvalue weighted by Gasteiger charge is 2.52. The highest BCUT2D eigenvalue weighted by molar-refractivity contribution is 6.23. The zero-order chi connectivity index (χ0) is 46.4. The van der Waals surface area contributed by atoms with Crippen LogP contribution in [0.2, 0.25) is 0 Å². The Bertz CT molecular complexity index is 2310. The van der Waals surface area contributed by atoms with Crippen molar-refractivity contribution < 1.29 is 32.8 Å². The topological polar surface area (TPSA) is 158 Å². The van der Waals surface area contributed by atoms with Crippen LogP contribution in [0.3, 0.4) is 0 Å². The highest BCUT2D eigenvalue weighted by atomic mass is 19.3. The molecule has 15 nitrogen and oxygen atoms in total. The van der Waals surface area contributed by atoms with Crippen LogP contribution in [0.4, 0.5) is 14.5 Å². The maximum atomic E-state index is 14.7. The number of likely N-dealkylation sites (tertiary alicyclic amines) is 1. The van der Waals surface area contributed by atoms with Crippen LogP contribution in [0, 0.1) is 5.41 Å². The first kappa shape index (κ1) is 45.9. The van der Waals surface area contributed by atoms with Gasteiger partial charge in [0.05, 0.1) is 6.04 Å². The van der Waals surface area contributed by atoms with Crippen molar-refractivity contribution in [1.29, 1.82) is 0 Å². The van der Waals surface area contributed by atoms with Gasteiger partial charge in [0, 0.05) is 169 Å². The van der Waals surface area contributed by atoms with E-state index in [0.717, 1.165) is 114 Å². The summed E-state index contributed by atoms with van der Waals surface area (Å²) in [6, 6.07) is 2.94. The number of alkyl halides is 2. The molecule has 3 fully saturated rings. The lowest BCUT2D eigenvalue weighted by Crippen LogP contribution is -2.55. The summed E-state index contributed by atoms with van der Waals surface area (Å²) in [6.07, 6.45) is 9.28. The number of piperidine rings is 2. The number of halogens is 2. The van der Waals surface area contributed by atoms with Crippen LogP contribution in [-0.2, 0) is 30.4 Å². The zero-order valence-electron chi connectivity index (χ0n) is 38.6. The van der Waals surface area contributed by atoms with Crippen LogP contribution < -0.4 is 16.0 Å². The van der Waals surface area contributed by atoms with Gasteiger partial charge in [-0.1, -0.05) is 19.1 Å². The minimum Gasteiger partial charge on any atom is -0.404 e. The normalized spacial score (nSPS) is 27.5. The Kier molecular flexibility index (Phi) is 13.1. The molecule has 1 aromatic carbocycles. The first-order valence-electron chi connectivity index (χ1n) is 23.9. The number of hydrogen-bond donors (Lipinski definition) is 2. The number of aliphatic imine (C=N–C) groups is 1. The number of anilines is 1. The second kappa shape index (κ2) is 18.8. The van der Waals surface area contributed by atoms with Gasteiger partial charge in [-0.25, -0.2) is 8.78 Å². The summed E-state index contributed by atoms with van der Waals surface area (Å²) in [6.45, 7) is 14.5. The van der Waals surface area contributed by atoms with Crippen LogP contribution in [0.25, 0.3) is 5.57 Å². The number of nitrogens with one attached hydrogen (secondary N) is 1. The largest absolute Gasteiger partial charge is 0.404 e. The van der Waals surface area contributed by atoms with Crippen LogP contribution in [0.5, 0.6) is 0 Å². The van der Waals surface area contributed by atoms with E-state index < -0.39 is 35.6 Å². The molecular formula is C49H64F2N10O5. The molecule has 1 aromatic rings. The SMILES string of the molecule is CN=CC(=CN)c1cc2c(cc1C(F)F)N(C1CN(C3CCN(CCN4CCN(CC5(C)CC=CC6=C5C(=O)N(C5CCC(=O)NC5=O)C6=O)CC4)CC3)C3=C1CN(C(C)=O)CC3)CCC2. The third kappa shape index (κ3) is 8.62. The first-order valence-corrected chi connectivity index (χ1v) is 23.9. The molecule has 3 atom stereocenters. The monoisotopic (exact) mass is 911 g/mol.